The number of ether oxygens (including phenoxy) is 1. The first kappa shape index (κ1) is 13.9. The zero-order valence-electron chi connectivity index (χ0n) is 11.8. The zero-order valence-corrected chi connectivity index (χ0v) is 11.8. The van der Waals surface area contributed by atoms with E-state index in [2.05, 4.69) is 5.32 Å². The van der Waals surface area contributed by atoms with Gasteiger partial charge in [0.25, 0.3) is 5.91 Å². The lowest BCUT2D eigenvalue weighted by Crippen LogP contribution is -2.37. The monoisotopic (exact) mass is 262 g/mol. The molecule has 1 aromatic carbocycles. The maximum absolute atomic E-state index is 11.8. The molecule has 3 N–H and O–H groups in total. The second kappa shape index (κ2) is 5.61. The number of aryl methyl sites for hydroxylation is 1. The Balaban J connectivity index is 1.99. The smallest absolute Gasteiger partial charge is 0.260 e. The highest BCUT2D eigenvalue weighted by Crippen LogP contribution is 2.23. The number of benzene rings is 1. The summed E-state index contributed by atoms with van der Waals surface area (Å²) >= 11 is 0. The topological polar surface area (TPSA) is 64.3 Å². The van der Waals surface area contributed by atoms with Crippen LogP contribution in [0.2, 0.25) is 0 Å². The number of nitrogens with one attached hydrogen (secondary N) is 1. The summed E-state index contributed by atoms with van der Waals surface area (Å²) in [6.07, 6.45) is 1.70. The molecule has 0 radical (unpaired) electrons. The van der Waals surface area contributed by atoms with Crippen LogP contribution in [-0.4, -0.2) is 18.1 Å². The fraction of sp³-hybridized carbons (Fsp3) is 0.533. The van der Waals surface area contributed by atoms with E-state index >= 15 is 0 Å². The number of carbonyl (C=O) groups is 1. The highest BCUT2D eigenvalue weighted by atomic mass is 16.5. The van der Waals surface area contributed by atoms with Gasteiger partial charge >= 0.3 is 0 Å². The summed E-state index contributed by atoms with van der Waals surface area (Å²) in [6, 6.07) is 6.20. The molecule has 1 aromatic rings. The van der Waals surface area contributed by atoms with Crippen LogP contribution in [0.15, 0.2) is 18.2 Å². The number of hydrogen-bond donors (Lipinski definition) is 2. The van der Waals surface area contributed by atoms with Crippen molar-refractivity contribution in [2.24, 2.45) is 5.73 Å². The first-order chi connectivity index (χ1) is 8.97. The molecule has 0 spiro atoms. The molecule has 4 nitrogen and oxygen atoms in total. The van der Waals surface area contributed by atoms with Gasteiger partial charge in [-0.25, -0.2) is 0 Å². The zero-order chi connectivity index (χ0) is 14.0. The van der Waals surface area contributed by atoms with Gasteiger partial charge in [0.2, 0.25) is 0 Å². The van der Waals surface area contributed by atoms with Gasteiger partial charge in [-0.2, -0.15) is 0 Å². The van der Waals surface area contributed by atoms with Gasteiger partial charge in [-0.3, -0.25) is 4.79 Å². The van der Waals surface area contributed by atoms with Crippen LogP contribution in [0.1, 0.15) is 43.9 Å². The third kappa shape index (κ3) is 3.70. The Morgan fingerprint density at radius 3 is 2.63 bits per heavy atom. The van der Waals surface area contributed by atoms with Crippen molar-refractivity contribution in [3.05, 3.63) is 29.3 Å². The maximum Gasteiger partial charge on any atom is 0.260 e. The minimum atomic E-state index is -0.472. The van der Waals surface area contributed by atoms with Crippen molar-refractivity contribution in [2.45, 2.75) is 51.8 Å². The lowest BCUT2D eigenvalue weighted by molar-refractivity contribution is -0.127. The van der Waals surface area contributed by atoms with E-state index in [1.165, 1.54) is 0 Å². The SMILES string of the molecule is Cc1cc(C(C)N)ccc1OC(C)C(=O)NC1CC1. The molecule has 0 saturated heterocycles. The minimum Gasteiger partial charge on any atom is -0.481 e. The summed E-state index contributed by atoms with van der Waals surface area (Å²) in [5.74, 6) is 0.695. The second-order valence-electron chi connectivity index (χ2n) is 5.36. The Bertz CT molecular complexity index is 467. The number of rotatable bonds is 5. The quantitative estimate of drug-likeness (QED) is 0.853. The molecular weight excluding hydrogens is 240 g/mol. The molecule has 1 amide bonds. The first-order valence-corrected chi connectivity index (χ1v) is 6.80. The molecular formula is C15H22N2O2. The normalized spacial score (nSPS) is 17.7. The Hall–Kier alpha value is -1.55. The highest BCUT2D eigenvalue weighted by Gasteiger charge is 2.26. The van der Waals surface area contributed by atoms with Gasteiger partial charge in [-0.15, -0.1) is 0 Å². The number of nitrogens with two attached hydrogens (primary N) is 1. The highest BCUT2D eigenvalue weighted by molar-refractivity contribution is 5.81. The third-order valence-corrected chi connectivity index (χ3v) is 3.32. The van der Waals surface area contributed by atoms with Crippen molar-refractivity contribution in [2.75, 3.05) is 0 Å². The van der Waals surface area contributed by atoms with Crippen molar-refractivity contribution < 1.29 is 9.53 Å². The lowest BCUT2D eigenvalue weighted by atomic mass is 10.1. The molecule has 1 aliphatic rings. The molecule has 2 rings (SSSR count). The van der Waals surface area contributed by atoms with Crippen LogP contribution in [0.4, 0.5) is 0 Å². The largest absolute Gasteiger partial charge is 0.481 e. The van der Waals surface area contributed by atoms with E-state index in [0.29, 0.717) is 6.04 Å². The van der Waals surface area contributed by atoms with Gasteiger partial charge in [-0.1, -0.05) is 12.1 Å². The van der Waals surface area contributed by atoms with Gasteiger partial charge in [-0.05, 0) is 50.8 Å². The van der Waals surface area contributed by atoms with E-state index < -0.39 is 6.10 Å². The van der Waals surface area contributed by atoms with Crippen LogP contribution in [0.5, 0.6) is 5.75 Å². The van der Waals surface area contributed by atoms with Crippen LogP contribution in [0.3, 0.4) is 0 Å². The Labute approximate surface area is 114 Å². The van der Waals surface area contributed by atoms with E-state index in [0.717, 1.165) is 29.7 Å². The van der Waals surface area contributed by atoms with Crippen LogP contribution in [0, 0.1) is 6.92 Å². The van der Waals surface area contributed by atoms with E-state index in [9.17, 15) is 4.79 Å². The standard InChI is InChI=1S/C15H22N2O2/c1-9-8-12(10(2)16)4-7-14(9)19-11(3)15(18)17-13-5-6-13/h4,7-8,10-11,13H,5-6,16H2,1-3H3,(H,17,18). The summed E-state index contributed by atoms with van der Waals surface area (Å²) < 4.78 is 5.72. The van der Waals surface area contributed by atoms with Gasteiger partial charge in [0.05, 0.1) is 0 Å². The molecule has 0 heterocycles. The molecule has 1 saturated carbocycles. The Morgan fingerprint density at radius 2 is 2.11 bits per heavy atom. The van der Waals surface area contributed by atoms with Crippen molar-refractivity contribution in [3.8, 4) is 5.75 Å². The summed E-state index contributed by atoms with van der Waals surface area (Å²) in [4.78, 5) is 11.8. The minimum absolute atomic E-state index is 0.00309. The van der Waals surface area contributed by atoms with E-state index in [1.807, 2.05) is 32.0 Å². The molecule has 104 valence electrons. The summed E-state index contributed by atoms with van der Waals surface area (Å²) in [7, 11) is 0. The summed E-state index contributed by atoms with van der Waals surface area (Å²) in [5, 5.41) is 2.94. The van der Waals surface area contributed by atoms with Crippen LogP contribution < -0.4 is 15.8 Å². The Kier molecular flexibility index (Phi) is 4.10. The van der Waals surface area contributed by atoms with Gasteiger partial charge in [0.15, 0.2) is 6.10 Å². The average molecular weight is 262 g/mol. The molecule has 1 aliphatic carbocycles. The fourth-order valence-corrected chi connectivity index (χ4v) is 1.88. The predicted octanol–water partition coefficient (Wildman–Crippen LogP) is 2.06. The van der Waals surface area contributed by atoms with Crippen molar-refractivity contribution >= 4 is 5.91 Å². The van der Waals surface area contributed by atoms with Crippen molar-refractivity contribution in [3.63, 3.8) is 0 Å². The third-order valence-electron chi connectivity index (χ3n) is 3.32. The predicted molar refractivity (Wildman–Crippen MR) is 75.0 cm³/mol. The fourth-order valence-electron chi connectivity index (χ4n) is 1.88. The lowest BCUT2D eigenvalue weighted by Gasteiger charge is -2.17. The molecule has 2 unspecified atom stereocenters. The molecule has 0 aromatic heterocycles. The first-order valence-electron chi connectivity index (χ1n) is 6.80. The molecule has 0 aliphatic heterocycles. The molecule has 1 fully saturated rings. The van der Waals surface area contributed by atoms with Crippen LogP contribution in [0.25, 0.3) is 0 Å². The second-order valence-corrected chi connectivity index (χ2v) is 5.36. The van der Waals surface area contributed by atoms with Crippen LogP contribution in [-0.2, 0) is 4.79 Å². The van der Waals surface area contributed by atoms with Gasteiger partial charge in [0, 0.05) is 12.1 Å². The molecule has 19 heavy (non-hydrogen) atoms. The van der Waals surface area contributed by atoms with E-state index in [1.54, 1.807) is 6.92 Å². The molecule has 0 bridgehead atoms. The number of carbonyl (C=O) groups excluding carboxylic acids is 1. The van der Waals surface area contributed by atoms with Gasteiger partial charge in [0.1, 0.15) is 5.75 Å². The van der Waals surface area contributed by atoms with Crippen molar-refractivity contribution in [1.82, 2.24) is 5.32 Å². The molecule has 4 heteroatoms. The van der Waals surface area contributed by atoms with Crippen molar-refractivity contribution in [1.29, 1.82) is 0 Å². The van der Waals surface area contributed by atoms with Crippen LogP contribution >= 0.6 is 0 Å². The van der Waals surface area contributed by atoms with E-state index in [4.69, 9.17) is 10.5 Å². The number of hydrogen-bond acceptors (Lipinski definition) is 3. The Morgan fingerprint density at radius 1 is 1.42 bits per heavy atom. The molecule has 2 atom stereocenters. The number of amides is 1. The summed E-state index contributed by atoms with van der Waals surface area (Å²) in [6.45, 7) is 5.68. The van der Waals surface area contributed by atoms with Gasteiger partial charge < -0.3 is 15.8 Å². The maximum atomic E-state index is 11.8. The van der Waals surface area contributed by atoms with E-state index in [-0.39, 0.29) is 11.9 Å². The summed E-state index contributed by atoms with van der Waals surface area (Å²) in [5.41, 5.74) is 7.91. The average Bonchev–Trinajstić information content (AvgIpc) is 3.15.